The van der Waals surface area contributed by atoms with Crippen molar-refractivity contribution in [2.45, 2.75) is 19.8 Å². The molecular formula is C10H13ClFN. The van der Waals surface area contributed by atoms with Gasteiger partial charge in [-0.15, -0.1) is 0 Å². The topological polar surface area (TPSA) is 12.0 Å². The number of hydrogen-bond acceptors (Lipinski definition) is 1. The van der Waals surface area contributed by atoms with Gasteiger partial charge in [-0.2, -0.15) is 0 Å². The molecular weight excluding hydrogens is 189 g/mol. The highest BCUT2D eigenvalue weighted by atomic mass is 35.5. The van der Waals surface area contributed by atoms with Crippen molar-refractivity contribution in [3.05, 3.63) is 29.0 Å². The summed E-state index contributed by atoms with van der Waals surface area (Å²) in [6, 6.07) is 4.65. The van der Waals surface area contributed by atoms with Gasteiger partial charge in [0.2, 0.25) is 0 Å². The maximum absolute atomic E-state index is 13.1. The molecule has 0 bridgehead atoms. The minimum atomic E-state index is -0.288. The molecule has 1 rings (SSSR count). The molecule has 0 saturated heterocycles. The largest absolute Gasteiger partial charge is 0.383 e. The summed E-state index contributed by atoms with van der Waals surface area (Å²) < 4.78 is 13.1. The van der Waals surface area contributed by atoms with E-state index >= 15 is 0 Å². The third-order valence-corrected chi connectivity index (χ3v) is 2.01. The maximum Gasteiger partial charge on any atom is 0.147 e. The zero-order chi connectivity index (χ0) is 9.68. The van der Waals surface area contributed by atoms with Crippen molar-refractivity contribution < 1.29 is 4.39 Å². The normalized spacial score (nSPS) is 10.1. The number of anilines is 1. The van der Waals surface area contributed by atoms with E-state index in [-0.39, 0.29) is 5.82 Å². The number of hydrogen-bond donors (Lipinski definition) is 1. The lowest BCUT2D eigenvalue weighted by atomic mass is 10.3. The first-order valence-corrected chi connectivity index (χ1v) is 4.80. The Morgan fingerprint density at radius 2 is 2.23 bits per heavy atom. The van der Waals surface area contributed by atoms with Gasteiger partial charge < -0.3 is 5.32 Å². The average Bonchev–Trinajstić information content (AvgIpc) is 2.09. The molecule has 0 radical (unpaired) electrons. The molecule has 0 heterocycles. The van der Waals surface area contributed by atoms with Crippen LogP contribution in [0.2, 0.25) is 5.02 Å². The van der Waals surface area contributed by atoms with Crippen LogP contribution in [0.5, 0.6) is 0 Å². The van der Waals surface area contributed by atoms with Crippen molar-refractivity contribution in [3.63, 3.8) is 0 Å². The highest BCUT2D eigenvalue weighted by Gasteiger charge is 2.00. The fourth-order valence-electron chi connectivity index (χ4n) is 1.03. The van der Waals surface area contributed by atoms with Gasteiger partial charge in [0.15, 0.2) is 0 Å². The summed E-state index contributed by atoms with van der Waals surface area (Å²) in [5.41, 5.74) is 0.526. The number of unbranched alkanes of at least 4 members (excludes halogenated alkanes) is 1. The Morgan fingerprint density at radius 3 is 2.85 bits per heavy atom. The monoisotopic (exact) mass is 201 g/mol. The molecule has 0 aliphatic rings. The Labute approximate surface area is 82.9 Å². The summed E-state index contributed by atoms with van der Waals surface area (Å²) in [6.07, 6.45) is 2.14. The molecule has 0 amide bonds. The van der Waals surface area contributed by atoms with Crippen molar-refractivity contribution in [1.29, 1.82) is 0 Å². The lowest BCUT2D eigenvalue weighted by molar-refractivity contribution is 0.629. The molecule has 1 aromatic rings. The van der Waals surface area contributed by atoms with Gasteiger partial charge in [0.05, 0.1) is 5.69 Å². The molecule has 0 aliphatic carbocycles. The molecule has 72 valence electrons. The SMILES string of the molecule is CCCCNc1ccc(Cl)cc1F. The van der Waals surface area contributed by atoms with Gasteiger partial charge in [0.1, 0.15) is 5.82 Å². The molecule has 13 heavy (non-hydrogen) atoms. The van der Waals surface area contributed by atoms with Crippen molar-refractivity contribution in [3.8, 4) is 0 Å². The Bertz CT molecular complexity index is 276. The second-order valence-corrected chi connectivity index (χ2v) is 3.34. The first-order valence-electron chi connectivity index (χ1n) is 4.43. The van der Waals surface area contributed by atoms with Crippen LogP contribution in [0.3, 0.4) is 0 Å². The lowest BCUT2D eigenvalue weighted by Gasteiger charge is -2.06. The summed E-state index contributed by atoms with van der Waals surface area (Å²) >= 11 is 5.61. The van der Waals surface area contributed by atoms with Gasteiger partial charge in [-0.05, 0) is 24.6 Å². The second kappa shape index (κ2) is 5.07. The van der Waals surface area contributed by atoms with E-state index in [2.05, 4.69) is 12.2 Å². The molecule has 0 aromatic heterocycles. The number of halogens is 2. The smallest absolute Gasteiger partial charge is 0.147 e. The van der Waals surface area contributed by atoms with Crippen LogP contribution < -0.4 is 5.32 Å². The minimum Gasteiger partial charge on any atom is -0.383 e. The number of nitrogens with one attached hydrogen (secondary N) is 1. The third kappa shape index (κ3) is 3.23. The number of rotatable bonds is 4. The maximum atomic E-state index is 13.1. The molecule has 0 spiro atoms. The van der Waals surface area contributed by atoms with E-state index in [9.17, 15) is 4.39 Å². The van der Waals surface area contributed by atoms with Crippen LogP contribution in [0, 0.1) is 5.82 Å². The first-order chi connectivity index (χ1) is 6.24. The van der Waals surface area contributed by atoms with E-state index in [4.69, 9.17) is 11.6 Å². The van der Waals surface area contributed by atoms with Crippen LogP contribution in [0.25, 0.3) is 0 Å². The lowest BCUT2D eigenvalue weighted by Crippen LogP contribution is -2.02. The van der Waals surface area contributed by atoms with E-state index in [1.54, 1.807) is 12.1 Å². The van der Waals surface area contributed by atoms with Crippen LogP contribution in [0.15, 0.2) is 18.2 Å². The van der Waals surface area contributed by atoms with Crippen LogP contribution in [-0.4, -0.2) is 6.54 Å². The third-order valence-electron chi connectivity index (χ3n) is 1.78. The van der Waals surface area contributed by atoms with Crippen molar-refractivity contribution in [2.75, 3.05) is 11.9 Å². The summed E-state index contributed by atoms with van der Waals surface area (Å²) in [7, 11) is 0. The van der Waals surface area contributed by atoms with Crippen molar-refractivity contribution >= 4 is 17.3 Å². The van der Waals surface area contributed by atoms with Gasteiger partial charge in [-0.1, -0.05) is 24.9 Å². The van der Waals surface area contributed by atoms with Crippen LogP contribution >= 0.6 is 11.6 Å². The molecule has 0 unspecified atom stereocenters. The molecule has 1 nitrogen and oxygen atoms in total. The molecule has 0 fully saturated rings. The minimum absolute atomic E-state index is 0.288. The molecule has 1 N–H and O–H groups in total. The van der Waals surface area contributed by atoms with Crippen LogP contribution in [-0.2, 0) is 0 Å². The van der Waals surface area contributed by atoms with Gasteiger partial charge >= 0.3 is 0 Å². The predicted molar refractivity (Wildman–Crippen MR) is 54.8 cm³/mol. The molecule has 0 saturated carbocycles. The van der Waals surface area contributed by atoms with Gasteiger partial charge in [0, 0.05) is 11.6 Å². The fraction of sp³-hybridized carbons (Fsp3) is 0.400. The van der Waals surface area contributed by atoms with Crippen molar-refractivity contribution in [1.82, 2.24) is 0 Å². The average molecular weight is 202 g/mol. The fourth-order valence-corrected chi connectivity index (χ4v) is 1.19. The van der Waals surface area contributed by atoms with E-state index < -0.39 is 0 Å². The standard InChI is InChI=1S/C10H13ClFN/c1-2-3-6-13-10-5-4-8(11)7-9(10)12/h4-5,7,13H,2-3,6H2,1H3. The Kier molecular flexibility index (Phi) is 4.03. The highest BCUT2D eigenvalue weighted by Crippen LogP contribution is 2.18. The Hall–Kier alpha value is -0.760. The number of benzene rings is 1. The molecule has 0 aliphatic heterocycles. The summed E-state index contributed by atoms with van der Waals surface area (Å²) in [6.45, 7) is 2.90. The van der Waals surface area contributed by atoms with E-state index in [0.717, 1.165) is 19.4 Å². The Morgan fingerprint density at radius 1 is 1.46 bits per heavy atom. The van der Waals surface area contributed by atoms with Gasteiger partial charge in [-0.3, -0.25) is 0 Å². The molecule has 3 heteroatoms. The first kappa shape index (κ1) is 10.3. The zero-order valence-corrected chi connectivity index (χ0v) is 8.37. The quantitative estimate of drug-likeness (QED) is 0.733. The van der Waals surface area contributed by atoms with Gasteiger partial charge in [0.25, 0.3) is 0 Å². The highest BCUT2D eigenvalue weighted by molar-refractivity contribution is 6.30. The zero-order valence-electron chi connectivity index (χ0n) is 7.61. The molecule has 1 aromatic carbocycles. The predicted octanol–water partition coefficient (Wildman–Crippen LogP) is 3.69. The van der Waals surface area contributed by atoms with E-state index in [1.807, 2.05) is 0 Å². The van der Waals surface area contributed by atoms with E-state index in [0.29, 0.717) is 10.7 Å². The molecule has 0 atom stereocenters. The van der Waals surface area contributed by atoms with Crippen LogP contribution in [0.1, 0.15) is 19.8 Å². The second-order valence-electron chi connectivity index (χ2n) is 2.90. The summed E-state index contributed by atoms with van der Waals surface area (Å²) in [4.78, 5) is 0. The Balaban J connectivity index is 2.56. The van der Waals surface area contributed by atoms with Gasteiger partial charge in [-0.25, -0.2) is 4.39 Å². The summed E-state index contributed by atoms with van der Waals surface area (Å²) in [5, 5.41) is 3.44. The van der Waals surface area contributed by atoms with Crippen molar-refractivity contribution in [2.24, 2.45) is 0 Å². The van der Waals surface area contributed by atoms with E-state index in [1.165, 1.54) is 6.07 Å². The summed E-state index contributed by atoms with van der Waals surface area (Å²) in [5.74, 6) is -0.288. The van der Waals surface area contributed by atoms with Crippen LogP contribution in [0.4, 0.5) is 10.1 Å².